The van der Waals surface area contributed by atoms with Crippen LogP contribution in [-0.2, 0) is 0 Å². The highest BCUT2D eigenvalue weighted by Crippen LogP contribution is 2.27. The molecule has 2 rings (SSSR count). The molecule has 0 atom stereocenters. The van der Waals surface area contributed by atoms with Gasteiger partial charge in [-0.1, -0.05) is 0 Å². The summed E-state index contributed by atoms with van der Waals surface area (Å²) in [5.74, 6) is -1.44. The van der Waals surface area contributed by atoms with Crippen LogP contribution in [0.3, 0.4) is 0 Å². The number of aromatic carboxylic acids is 1. The fraction of sp³-hybridized carbons (Fsp3) is 0. The number of rotatable bonds is 2. The minimum atomic E-state index is -1.18. The number of carbonyl (C=O) groups is 1. The van der Waals surface area contributed by atoms with E-state index in [-0.39, 0.29) is 11.3 Å². The van der Waals surface area contributed by atoms with Gasteiger partial charge in [-0.25, -0.2) is 9.78 Å². The molecule has 0 amide bonds. The molecule has 0 fully saturated rings. The van der Waals surface area contributed by atoms with Crippen molar-refractivity contribution in [1.29, 1.82) is 0 Å². The van der Waals surface area contributed by atoms with E-state index >= 15 is 0 Å². The van der Waals surface area contributed by atoms with Gasteiger partial charge >= 0.3 is 5.97 Å². The van der Waals surface area contributed by atoms with Crippen molar-refractivity contribution in [2.75, 3.05) is 5.73 Å². The topological polar surface area (TPSA) is 96.4 Å². The Bertz CT molecular complexity index is 551. The van der Waals surface area contributed by atoms with E-state index in [0.717, 1.165) is 0 Å². The lowest BCUT2D eigenvalue weighted by molar-refractivity contribution is 0.0694. The molecule has 0 radical (unpaired) electrons. The molecule has 0 saturated heterocycles. The highest BCUT2D eigenvalue weighted by molar-refractivity contribution is 7.13. The summed E-state index contributed by atoms with van der Waals surface area (Å²) in [4.78, 5) is 14.8. The van der Waals surface area contributed by atoms with Crippen molar-refractivity contribution in [2.24, 2.45) is 0 Å². The molecular weight excluding hydrogens is 228 g/mol. The number of hydrogen-bond acceptors (Lipinski definition) is 5. The van der Waals surface area contributed by atoms with Crippen molar-refractivity contribution in [1.82, 2.24) is 4.98 Å². The Morgan fingerprint density at radius 3 is 2.75 bits per heavy atom. The van der Waals surface area contributed by atoms with Crippen LogP contribution >= 0.6 is 11.3 Å². The molecule has 1 heterocycles. The van der Waals surface area contributed by atoms with E-state index in [1.54, 1.807) is 11.4 Å². The van der Waals surface area contributed by atoms with E-state index in [2.05, 4.69) is 4.98 Å². The first-order valence-corrected chi connectivity index (χ1v) is 5.23. The van der Waals surface area contributed by atoms with Gasteiger partial charge in [-0.05, 0) is 18.2 Å². The first-order valence-electron chi connectivity index (χ1n) is 4.35. The first-order chi connectivity index (χ1) is 7.58. The second-order valence-corrected chi connectivity index (χ2v) is 4.00. The largest absolute Gasteiger partial charge is 0.507 e. The molecule has 5 nitrogen and oxygen atoms in total. The van der Waals surface area contributed by atoms with E-state index in [0.29, 0.717) is 16.4 Å². The average molecular weight is 236 g/mol. The number of aromatic nitrogens is 1. The fourth-order valence-electron chi connectivity index (χ4n) is 1.29. The second kappa shape index (κ2) is 3.82. The minimum absolute atomic E-state index is 0.149. The van der Waals surface area contributed by atoms with Crippen molar-refractivity contribution < 1.29 is 15.0 Å². The van der Waals surface area contributed by atoms with Crippen molar-refractivity contribution in [2.45, 2.75) is 0 Å². The van der Waals surface area contributed by atoms with Gasteiger partial charge in [0.05, 0.1) is 5.69 Å². The number of nitrogens with two attached hydrogens (primary N) is 1. The highest BCUT2D eigenvalue weighted by atomic mass is 32.1. The summed E-state index contributed by atoms with van der Waals surface area (Å²) in [7, 11) is 0. The summed E-state index contributed by atoms with van der Waals surface area (Å²) in [6, 6.07) is 4.29. The van der Waals surface area contributed by atoms with Crippen LogP contribution in [0.2, 0.25) is 0 Å². The van der Waals surface area contributed by atoms with E-state index in [1.807, 2.05) is 0 Å². The van der Waals surface area contributed by atoms with Gasteiger partial charge in [-0.15, -0.1) is 11.3 Å². The Kier molecular flexibility index (Phi) is 2.49. The maximum atomic E-state index is 10.8. The predicted octanol–water partition coefficient (Wildman–Crippen LogP) is 1.80. The second-order valence-electron chi connectivity index (χ2n) is 3.11. The van der Waals surface area contributed by atoms with Crippen LogP contribution < -0.4 is 5.73 Å². The Labute approximate surface area is 94.8 Å². The molecule has 0 bridgehead atoms. The summed E-state index contributed by atoms with van der Waals surface area (Å²) >= 11 is 1.27. The fourth-order valence-corrected chi connectivity index (χ4v) is 1.86. The number of carboxylic acid groups (broad SMARTS) is 1. The first kappa shape index (κ1) is 10.4. The molecular formula is C10H8N2O3S. The zero-order valence-electron chi connectivity index (χ0n) is 8.04. The van der Waals surface area contributed by atoms with Gasteiger partial charge in [0, 0.05) is 10.9 Å². The summed E-state index contributed by atoms with van der Waals surface area (Å²) in [6.45, 7) is 0. The number of hydrogen-bond donors (Lipinski definition) is 3. The zero-order chi connectivity index (χ0) is 11.7. The third-order valence-corrected chi connectivity index (χ3v) is 2.72. The molecule has 1 aromatic carbocycles. The normalized spacial score (nSPS) is 10.2. The van der Waals surface area contributed by atoms with Gasteiger partial charge in [0.2, 0.25) is 0 Å². The molecule has 4 N–H and O–H groups in total. The van der Waals surface area contributed by atoms with Crippen molar-refractivity contribution >= 4 is 22.4 Å². The lowest BCUT2D eigenvalue weighted by Crippen LogP contribution is -1.97. The minimum Gasteiger partial charge on any atom is -0.507 e. The number of thiazole rings is 1. The van der Waals surface area contributed by atoms with Crippen molar-refractivity contribution in [3.8, 4) is 17.0 Å². The standard InChI is InChI=1S/C10H8N2O3S/c11-10-12-7(4-16-10)5-1-2-8(13)6(3-5)9(14)15/h1-4,13H,(H2,11,12)(H,14,15). The molecule has 0 aliphatic rings. The SMILES string of the molecule is Nc1nc(-c2ccc(O)c(C(=O)O)c2)cs1. The van der Waals surface area contributed by atoms with Crippen LogP contribution in [0.4, 0.5) is 5.13 Å². The number of nitrogens with zero attached hydrogens (tertiary/aromatic N) is 1. The number of anilines is 1. The summed E-state index contributed by atoms with van der Waals surface area (Å²) in [6.07, 6.45) is 0. The Morgan fingerprint density at radius 1 is 1.44 bits per heavy atom. The zero-order valence-corrected chi connectivity index (χ0v) is 8.86. The maximum absolute atomic E-state index is 10.8. The average Bonchev–Trinajstić information content (AvgIpc) is 2.65. The quantitative estimate of drug-likeness (QED) is 0.738. The van der Waals surface area contributed by atoms with Gasteiger partial charge in [0.15, 0.2) is 5.13 Å². The Hall–Kier alpha value is -2.08. The molecule has 0 spiro atoms. The molecule has 16 heavy (non-hydrogen) atoms. The predicted molar refractivity (Wildman–Crippen MR) is 60.6 cm³/mol. The molecule has 0 saturated carbocycles. The van der Waals surface area contributed by atoms with E-state index < -0.39 is 5.97 Å². The Morgan fingerprint density at radius 2 is 2.19 bits per heavy atom. The lowest BCUT2D eigenvalue weighted by Gasteiger charge is -2.01. The van der Waals surface area contributed by atoms with Gasteiger partial charge in [0.1, 0.15) is 11.3 Å². The van der Waals surface area contributed by atoms with Crippen molar-refractivity contribution in [3.05, 3.63) is 29.1 Å². The van der Waals surface area contributed by atoms with Crippen LogP contribution in [0.25, 0.3) is 11.3 Å². The molecule has 0 aliphatic heterocycles. The lowest BCUT2D eigenvalue weighted by atomic mass is 10.1. The van der Waals surface area contributed by atoms with Crippen molar-refractivity contribution in [3.63, 3.8) is 0 Å². The molecule has 82 valence electrons. The van der Waals surface area contributed by atoms with E-state index in [9.17, 15) is 9.90 Å². The number of nitrogen functional groups attached to an aromatic ring is 1. The highest BCUT2D eigenvalue weighted by Gasteiger charge is 2.12. The maximum Gasteiger partial charge on any atom is 0.339 e. The van der Waals surface area contributed by atoms with Crippen LogP contribution in [0, 0.1) is 0 Å². The van der Waals surface area contributed by atoms with Crippen LogP contribution in [-0.4, -0.2) is 21.2 Å². The number of phenols is 1. The monoisotopic (exact) mass is 236 g/mol. The Balaban J connectivity index is 2.51. The van der Waals surface area contributed by atoms with Crippen LogP contribution in [0.5, 0.6) is 5.75 Å². The molecule has 0 unspecified atom stereocenters. The van der Waals surface area contributed by atoms with E-state index in [4.69, 9.17) is 10.8 Å². The number of carboxylic acids is 1. The summed E-state index contributed by atoms with van der Waals surface area (Å²) < 4.78 is 0. The number of benzene rings is 1. The van der Waals surface area contributed by atoms with Gasteiger partial charge in [0.25, 0.3) is 0 Å². The van der Waals surface area contributed by atoms with E-state index in [1.165, 1.54) is 23.5 Å². The van der Waals surface area contributed by atoms with Gasteiger partial charge < -0.3 is 15.9 Å². The molecule has 0 aliphatic carbocycles. The summed E-state index contributed by atoms with van der Waals surface area (Å²) in [5.41, 5.74) is 6.55. The third kappa shape index (κ3) is 1.82. The number of aromatic hydroxyl groups is 1. The molecule has 1 aromatic heterocycles. The smallest absolute Gasteiger partial charge is 0.339 e. The van der Waals surface area contributed by atoms with Gasteiger partial charge in [-0.2, -0.15) is 0 Å². The van der Waals surface area contributed by atoms with Crippen LogP contribution in [0.1, 0.15) is 10.4 Å². The van der Waals surface area contributed by atoms with Crippen LogP contribution in [0.15, 0.2) is 23.6 Å². The summed E-state index contributed by atoms with van der Waals surface area (Å²) in [5, 5.41) is 20.3. The molecule has 6 heteroatoms. The third-order valence-electron chi connectivity index (χ3n) is 2.04. The molecule has 2 aromatic rings. The van der Waals surface area contributed by atoms with Gasteiger partial charge in [-0.3, -0.25) is 0 Å².